The molecular weight excluding hydrogens is 616 g/mol. The number of nitrogens with zero attached hydrogens (tertiary/aromatic N) is 2. The number of carbonyl (C=O) groups is 2. The van der Waals surface area contributed by atoms with E-state index in [0.29, 0.717) is 38.4 Å². The zero-order valence-corrected chi connectivity index (χ0v) is 30.0. The first-order chi connectivity index (χ1) is 22.7. The lowest BCUT2D eigenvalue weighted by Gasteiger charge is -2.38. The van der Waals surface area contributed by atoms with E-state index in [-0.39, 0.29) is 43.0 Å². The average molecular weight is 677 g/mol. The van der Waals surface area contributed by atoms with Crippen LogP contribution in [0.2, 0.25) is 0 Å². The average Bonchev–Trinajstić information content (AvgIpc) is 3.99. The number of hydrogen-bond donors (Lipinski definition) is 3. The molecule has 1 amide bonds. The minimum absolute atomic E-state index is 0.00156. The zero-order valence-electron chi connectivity index (χ0n) is 30.0. The Labute approximate surface area is 286 Å². The summed E-state index contributed by atoms with van der Waals surface area (Å²) in [6, 6.07) is 0.658. The van der Waals surface area contributed by atoms with Gasteiger partial charge < -0.3 is 39.2 Å². The Morgan fingerprint density at radius 3 is 2.52 bits per heavy atom. The number of epoxide rings is 1. The van der Waals surface area contributed by atoms with Crippen molar-refractivity contribution in [3.8, 4) is 0 Å². The Balaban J connectivity index is 1.46. The maximum absolute atomic E-state index is 13.4. The van der Waals surface area contributed by atoms with Gasteiger partial charge in [-0.15, -0.1) is 0 Å². The number of hydrogen-bond acceptors (Lipinski definition) is 10. The van der Waals surface area contributed by atoms with Crippen molar-refractivity contribution in [1.29, 1.82) is 0 Å². The van der Waals surface area contributed by atoms with Crippen LogP contribution in [0.1, 0.15) is 86.5 Å². The molecule has 3 fully saturated rings. The molecular formula is C37H60N2O9. The molecule has 0 aromatic rings. The molecule has 11 heteroatoms. The van der Waals surface area contributed by atoms with E-state index in [1.54, 1.807) is 31.1 Å². The van der Waals surface area contributed by atoms with Gasteiger partial charge in [0.25, 0.3) is 0 Å². The van der Waals surface area contributed by atoms with Gasteiger partial charge in [0.2, 0.25) is 0 Å². The van der Waals surface area contributed by atoms with E-state index < -0.39 is 41.6 Å². The molecule has 1 saturated carbocycles. The third kappa shape index (κ3) is 10.6. The van der Waals surface area contributed by atoms with Crippen molar-refractivity contribution in [1.82, 2.24) is 9.80 Å². The highest BCUT2D eigenvalue weighted by Gasteiger charge is 2.47. The number of aliphatic hydroxyl groups excluding tert-OH is 2. The molecule has 0 aromatic carbocycles. The molecule has 11 nitrogen and oxygen atoms in total. The second-order valence-electron chi connectivity index (χ2n) is 14.9. The third-order valence-electron chi connectivity index (χ3n) is 10.7. The lowest BCUT2D eigenvalue weighted by atomic mass is 9.88. The molecule has 272 valence electrons. The maximum atomic E-state index is 13.4. The van der Waals surface area contributed by atoms with Crippen LogP contribution >= 0.6 is 0 Å². The SMILES string of the molecule is CCC(O)C(C)C1OC1CC(C)(O)/C=C/C=C(\C)C1OC(=O)CC(O)CCC(C)(OC)C(OC(=O)N2CCN(C3CC3)CC2)/C=C/C1C. The first kappa shape index (κ1) is 38.5. The number of piperazine rings is 1. The minimum Gasteiger partial charge on any atom is -0.457 e. The lowest BCUT2D eigenvalue weighted by Crippen LogP contribution is -2.52. The highest BCUT2D eigenvalue weighted by Crippen LogP contribution is 2.38. The van der Waals surface area contributed by atoms with Crippen LogP contribution in [-0.2, 0) is 23.7 Å². The van der Waals surface area contributed by atoms with Crippen molar-refractivity contribution in [2.24, 2.45) is 11.8 Å². The molecule has 3 heterocycles. The van der Waals surface area contributed by atoms with Gasteiger partial charge in [-0.2, -0.15) is 0 Å². The minimum atomic E-state index is -1.14. The molecule has 3 N–H and O–H groups in total. The Kier molecular flexibility index (Phi) is 13.3. The summed E-state index contributed by atoms with van der Waals surface area (Å²) < 4.78 is 23.7. The molecule has 2 saturated heterocycles. The smallest absolute Gasteiger partial charge is 0.410 e. The molecule has 10 atom stereocenters. The van der Waals surface area contributed by atoms with Crippen molar-refractivity contribution in [3.63, 3.8) is 0 Å². The lowest BCUT2D eigenvalue weighted by molar-refractivity contribution is -0.151. The fourth-order valence-electron chi connectivity index (χ4n) is 6.90. The number of methoxy groups -OCH3 is 1. The largest absolute Gasteiger partial charge is 0.457 e. The number of carbonyl (C=O) groups excluding carboxylic acids is 2. The topological polar surface area (TPSA) is 142 Å². The fourth-order valence-corrected chi connectivity index (χ4v) is 6.90. The van der Waals surface area contributed by atoms with Crippen molar-refractivity contribution in [2.45, 2.75) is 140 Å². The second-order valence-corrected chi connectivity index (χ2v) is 14.9. The summed E-state index contributed by atoms with van der Waals surface area (Å²) in [4.78, 5) is 30.5. The molecule has 1 aliphatic carbocycles. The molecule has 10 unspecified atom stereocenters. The second kappa shape index (κ2) is 16.6. The van der Waals surface area contributed by atoms with Gasteiger partial charge in [0.15, 0.2) is 6.10 Å². The summed E-state index contributed by atoms with van der Waals surface area (Å²) in [7, 11) is 1.57. The molecule has 3 aliphatic heterocycles. The van der Waals surface area contributed by atoms with Crippen LogP contribution in [0.5, 0.6) is 0 Å². The Morgan fingerprint density at radius 1 is 1.21 bits per heavy atom. The van der Waals surface area contributed by atoms with Crippen LogP contribution in [0, 0.1) is 11.8 Å². The molecule has 4 aliphatic rings. The summed E-state index contributed by atoms with van der Waals surface area (Å²) in [6.07, 6.45) is 9.56. The van der Waals surface area contributed by atoms with Crippen LogP contribution in [0.3, 0.4) is 0 Å². The number of esters is 1. The van der Waals surface area contributed by atoms with Crippen molar-refractivity contribution >= 4 is 12.1 Å². The number of amides is 1. The monoisotopic (exact) mass is 676 g/mol. The highest BCUT2D eigenvalue weighted by molar-refractivity contribution is 5.70. The van der Waals surface area contributed by atoms with Crippen molar-refractivity contribution in [2.75, 3.05) is 33.3 Å². The van der Waals surface area contributed by atoms with Crippen LogP contribution < -0.4 is 0 Å². The summed E-state index contributed by atoms with van der Waals surface area (Å²) in [5.74, 6) is -0.824. The van der Waals surface area contributed by atoms with Crippen LogP contribution in [0.4, 0.5) is 4.79 Å². The van der Waals surface area contributed by atoms with E-state index in [4.69, 9.17) is 18.9 Å². The normalized spacial score (nSPS) is 35.9. The van der Waals surface area contributed by atoms with E-state index in [9.17, 15) is 24.9 Å². The Bertz CT molecular complexity index is 1180. The molecule has 0 spiro atoms. The molecule has 0 aromatic heterocycles. The molecule has 0 radical (unpaired) electrons. The maximum Gasteiger partial charge on any atom is 0.410 e. The van der Waals surface area contributed by atoms with Gasteiger partial charge in [-0.25, -0.2) is 4.79 Å². The first-order valence-corrected chi connectivity index (χ1v) is 17.9. The number of allylic oxidation sites excluding steroid dienone is 2. The summed E-state index contributed by atoms with van der Waals surface area (Å²) in [5.41, 5.74) is -1.33. The van der Waals surface area contributed by atoms with Crippen molar-refractivity contribution in [3.05, 3.63) is 36.0 Å². The van der Waals surface area contributed by atoms with E-state index >= 15 is 0 Å². The van der Waals surface area contributed by atoms with E-state index in [1.165, 1.54) is 12.8 Å². The van der Waals surface area contributed by atoms with Gasteiger partial charge in [-0.3, -0.25) is 9.69 Å². The van der Waals surface area contributed by atoms with Gasteiger partial charge in [-0.1, -0.05) is 45.1 Å². The van der Waals surface area contributed by atoms with Gasteiger partial charge >= 0.3 is 12.1 Å². The van der Waals surface area contributed by atoms with Gasteiger partial charge in [0, 0.05) is 57.6 Å². The Hall–Kier alpha value is -2.28. The van der Waals surface area contributed by atoms with Gasteiger partial charge in [0.05, 0.1) is 36.4 Å². The number of rotatable bonds is 11. The summed E-state index contributed by atoms with van der Waals surface area (Å²) in [5, 5.41) is 32.0. The van der Waals surface area contributed by atoms with Gasteiger partial charge in [0.1, 0.15) is 11.7 Å². The highest BCUT2D eigenvalue weighted by atomic mass is 16.6. The number of aliphatic hydroxyl groups is 3. The third-order valence-corrected chi connectivity index (χ3v) is 10.7. The van der Waals surface area contributed by atoms with Crippen molar-refractivity contribution < 1.29 is 43.9 Å². The predicted octanol–water partition coefficient (Wildman–Crippen LogP) is 4.14. The fraction of sp³-hybridized carbons (Fsp3) is 0.784. The summed E-state index contributed by atoms with van der Waals surface area (Å²) in [6.45, 7) is 14.2. The number of cyclic esters (lactones) is 1. The molecule has 48 heavy (non-hydrogen) atoms. The summed E-state index contributed by atoms with van der Waals surface area (Å²) >= 11 is 0. The van der Waals surface area contributed by atoms with E-state index in [2.05, 4.69) is 4.90 Å². The molecule has 4 rings (SSSR count). The van der Waals surface area contributed by atoms with Crippen LogP contribution in [0.25, 0.3) is 0 Å². The standard InChI is InChI=1S/C37H60N2O9/c1-8-29(41)26(4)34-30(46-34)23-36(5,44)16-9-10-24(2)33-25(3)11-14-31(37(6,45-7)17-15-28(40)22-32(42)48-33)47-35(43)39-20-18-38(19-21-39)27-12-13-27/h9-11,14,16,25-31,33-34,40-41,44H,8,12-13,15,17-23H2,1-7H3/b14-11+,16-9+,24-10+. The first-order valence-electron chi connectivity index (χ1n) is 17.9. The quantitative estimate of drug-likeness (QED) is 0.127. The van der Waals surface area contributed by atoms with Crippen LogP contribution in [-0.4, -0.2) is 124 Å². The number of ether oxygens (including phenoxy) is 4. The van der Waals surface area contributed by atoms with Gasteiger partial charge in [-0.05, 0) is 64.5 Å². The Morgan fingerprint density at radius 2 is 1.90 bits per heavy atom. The van der Waals surface area contributed by atoms with E-state index in [0.717, 1.165) is 18.7 Å². The molecule has 0 bridgehead atoms. The van der Waals surface area contributed by atoms with E-state index in [1.807, 2.05) is 52.8 Å². The predicted molar refractivity (Wildman–Crippen MR) is 182 cm³/mol. The van der Waals surface area contributed by atoms with Crippen LogP contribution in [0.15, 0.2) is 36.0 Å². The zero-order chi connectivity index (χ0) is 35.2.